The zero-order valence-electron chi connectivity index (χ0n) is 10.2. The van der Waals surface area contributed by atoms with Crippen molar-refractivity contribution in [2.24, 2.45) is 5.73 Å². The third-order valence-electron chi connectivity index (χ3n) is 2.67. The Bertz CT molecular complexity index is 374. The monoisotopic (exact) mass is 204 g/mol. The molecular formula is C13H20N2. The minimum atomic E-state index is 0.144. The van der Waals surface area contributed by atoms with Crippen molar-refractivity contribution < 1.29 is 0 Å². The van der Waals surface area contributed by atoms with Gasteiger partial charge in [0.15, 0.2) is 0 Å². The Balaban J connectivity index is 3.39. The molecule has 0 aromatic heterocycles. The van der Waals surface area contributed by atoms with E-state index >= 15 is 0 Å². The van der Waals surface area contributed by atoms with Crippen LogP contribution in [0.15, 0.2) is 12.1 Å². The number of nitrogen functional groups attached to an aromatic ring is 1. The van der Waals surface area contributed by atoms with Gasteiger partial charge in [0.25, 0.3) is 0 Å². The molecule has 0 aliphatic heterocycles. The van der Waals surface area contributed by atoms with E-state index in [2.05, 4.69) is 32.9 Å². The van der Waals surface area contributed by atoms with Gasteiger partial charge in [-0.15, -0.1) is 0 Å². The first-order valence-corrected chi connectivity index (χ1v) is 5.19. The third kappa shape index (κ3) is 2.38. The first-order chi connectivity index (χ1) is 6.73. The summed E-state index contributed by atoms with van der Waals surface area (Å²) in [7, 11) is 0. The lowest BCUT2D eigenvalue weighted by atomic mass is 9.83. The van der Waals surface area contributed by atoms with Crippen molar-refractivity contribution in [3.05, 3.63) is 34.4 Å². The van der Waals surface area contributed by atoms with Gasteiger partial charge >= 0.3 is 0 Å². The molecule has 0 aliphatic carbocycles. The molecule has 82 valence electrons. The van der Waals surface area contributed by atoms with E-state index in [1.165, 1.54) is 5.56 Å². The van der Waals surface area contributed by atoms with Crippen LogP contribution >= 0.6 is 0 Å². The molecule has 0 amide bonds. The fourth-order valence-electron chi connectivity index (χ4n) is 1.82. The molecule has 0 saturated carbocycles. The van der Waals surface area contributed by atoms with Crippen LogP contribution < -0.4 is 5.73 Å². The largest absolute Gasteiger partial charge is 0.384 e. The van der Waals surface area contributed by atoms with E-state index in [0.29, 0.717) is 0 Å². The molecule has 2 heteroatoms. The SMILES string of the molecule is Cc1cc(C(C)(C)C)cc(C)c1C(=N)N. The Morgan fingerprint density at radius 2 is 1.53 bits per heavy atom. The molecular weight excluding hydrogens is 184 g/mol. The van der Waals surface area contributed by atoms with Crippen molar-refractivity contribution in [1.29, 1.82) is 5.41 Å². The quantitative estimate of drug-likeness (QED) is 0.536. The average Bonchev–Trinajstić information content (AvgIpc) is 1.99. The summed E-state index contributed by atoms with van der Waals surface area (Å²) < 4.78 is 0. The van der Waals surface area contributed by atoms with Crippen molar-refractivity contribution in [2.75, 3.05) is 0 Å². The molecule has 3 N–H and O–H groups in total. The van der Waals surface area contributed by atoms with Crippen molar-refractivity contribution in [3.63, 3.8) is 0 Å². The number of rotatable bonds is 1. The molecule has 0 atom stereocenters. The molecule has 0 fully saturated rings. The number of hydrogen-bond acceptors (Lipinski definition) is 1. The number of nitrogens with one attached hydrogen (secondary N) is 1. The molecule has 0 bridgehead atoms. The maximum Gasteiger partial charge on any atom is 0.123 e. The van der Waals surface area contributed by atoms with Crippen molar-refractivity contribution >= 4 is 5.84 Å². The number of nitrogens with two attached hydrogens (primary N) is 1. The number of aryl methyl sites for hydroxylation is 2. The van der Waals surface area contributed by atoms with Crippen LogP contribution in [0.3, 0.4) is 0 Å². The minimum Gasteiger partial charge on any atom is -0.384 e. The first kappa shape index (κ1) is 11.8. The first-order valence-electron chi connectivity index (χ1n) is 5.19. The molecule has 0 saturated heterocycles. The highest BCUT2D eigenvalue weighted by atomic mass is 14.7. The van der Waals surface area contributed by atoms with E-state index < -0.39 is 0 Å². The standard InChI is InChI=1S/C13H20N2/c1-8-6-10(13(3,4)5)7-9(2)11(8)12(14)15/h6-7H,1-5H3,(H3,14,15). The second kappa shape index (κ2) is 3.69. The summed E-state index contributed by atoms with van der Waals surface area (Å²) in [6.45, 7) is 10.6. The summed E-state index contributed by atoms with van der Waals surface area (Å²) in [6.07, 6.45) is 0. The Morgan fingerprint density at radius 3 is 1.80 bits per heavy atom. The van der Waals surface area contributed by atoms with Gasteiger partial charge in [-0.3, -0.25) is 5.41 Å². The molecule has 0 heterocycles. The van der Waals surface area contributed by atoms with E-state index in [-0.39, 0.29) is 11.3 Å². The summed E-state index contributed by atoms with van der Waals surface area (Å²) in [5.74, 6) is 0.158. The Kier molecular flexibility index (Phi) is 2.89. The normalized spacial score (nSPS) is 11.5. The summed E-state index contributed by atoms with van der Waals surface area (Å²) in [5, 5.41) is 7.52. The van der Waals surface area contributed by atoms with Gasteiger partial charge in [0.2, 0.25) is 0 Å². The van der Waals surface area contributed by atoms with Crippen molar-refractivity contribution in [1.82, 2.24) is 0 Å². The molecule has 1 aromatic rings. The molecule has 1 aromatic carbocycles. The lowest BCUT2D eigenvalue weighted by Gasteiger charge is -2.22. The summed E-state index contributed by atoms with van der Waals surface area (Å²) >= 11 is 0. The Hall–Kier alpha value is -1.31. The van der Waals surface area contributed by atoms with Crippen LogP contribution in [0.25, 0.3) is 0 Å². The predicted octanol–water partition coefficient (Wildman–Crippen LogP) is 2.89. The van der Waals surface area contributed by atoms with E-state index in [9.17, 15) is 0 Å². The van der Waals surface area contributed by atoms with Crippen LogP contribution in [0.4, 0.5) is 0 Å². The van der Waals surface area contributed by atoms with Crippen LogP contribution in [0, 0.1) is 19.3 Å². The van der Waals surface area contributed by atoms with Gasteiger partial charge in [-0.2, -0.15) is 0 Å². The number of benzene rings is 1. The molecule has 2 nitrogen and oxygen atoms in total. The van der Waals surface area contributed by atoms with E-state index in [0.717, 1.165) is 16.7 Å². The molecule has 15 heavy (non-hydrogen) atoms. The van der Waals surface area contributed by atoms with Gasteiger partial charge in [-0.1, -0.05) is 32.9 Å². The molecule has 1 rings (SSSR count). The second-order valence-electron chi connectivity index (χ2n) is 5.15. The number of hydrogen-bond donors (Lipinski definition) is 2. The maximum atomic E-state index is 7.52. The lowest BCUT2D eigenvalue weighted by Crippen LogP contribution is -2.17. The van der Waals surface area contributed by atoms with Crippen LogP contribution in [0.5, 0.6) is 0 Å². The predicted molar refractivity (Wildman–Crippen MR) is 65.6 cm³/mol. The smallest absolute Gasteiger partial charge is 0.123 e. The minimum absolute atomic E-state index is 0.144. The second-order valence-corrected chi connectivity index (χ2v) is 5.15. The van der Waals surface area contributed by atoms with Gasteiger partial charge in [0, 0.05) is 5.56 Å². The van der Waals surface area contributed by atoms with Crippen molar-refractivity contribution in [2.45, 2.75) is 40.0 Å². The summed E-state index contributed by atoms with van der Waals surface area (Å²) in [6, 6.07) is 4.26. The molecule has 0 spiro atoms. The zero-order chi connectivity index (χ0) is 11.8. The Morgan fingerprint density at radius 1 is 1.13 bits per heavy atom. The molecule has 0 unspecified atom stereocenters. The third-order valence-corrected chi connectivity index (χ3v) is 2.67. The Labute approximate surface area is 92.0 Å². The van der Waals surface area contributed by atoms with Crippen LogP contribution in [0.1, 0.15) is 43.0 Å². The summed E-state index contributed by atoms with van der Waals surface area (Å²) in [5.41, 5.74) is 10.1. The fourth-order valence-corrected chi connectivity index (χ4v) is 1.82. The van der Waals surface area contributed by atoms with Crippen molar-refractivity contribution in [3.8, 4) is 0 Å². The van der Waals surface area contributed by atoms with Gasteiger partial charge in [0.05, 0.1) is 0 Å². The maximum absolute atomic E-state index is 7.52. The van der Waals surface area contributed by atoms with Crippen LogP contribution in [0.2, 0.25) is 0 Å². The highest BCUT2D eigenvalue weighted by molar-refractivity contribution is 5.97. The fraction of sp³-hybridized carbons (Fsp3) is 0.462. The van der Waals surface area contributed by atoms with E-state index in [4.69, 9.17) is 11.1 Å². The average molecular weight is 204 g/mol. The van der Waals surface area contributed by atoms with Gasteiger partial charge < -0.3 is 5.73 Å². The highest BCUT2D eigenvalue weighted by Gasteiger charge is 2.16. The van der Waals surface area contributed by atoms with E-state index in [1.54, 1.807) is 0 Å². The highest BCUT2D eigenvalue weighted by Crippen LogP contribution is 2.26. The lowest BCUT2D eigenvalue weighted by molar-refractivity contribution is 0.589. The topological polar surface area (TPSA) is 49.9 Å². The van der Waals surface area contributed by atoms with Crippen LogP contribution in [-0.4, -0.2) is 5.84 Å². The van der Waals surface area contributed by atoms with Crippen LogP contribution in [-0.2, 0) is 5.41 Å². The number of amidine groups is 1. The van der Waals surface area contributed by atoms with E-state index in [1.807, 2.05) is 13.8 Å². The summed E-state index contributed by atoms with van der Waals surface area (Å²) in [4.78, 5) is 0. The molecule has 0 radical (unpaired) electrons. The van der Waals surface area contributed by atoms with Gasteiger partial charge in [-0.25, -0.2) is 0 Å². The zero-order valence-corrected chi connectivity index (χ0v) is 10.2. The molecule has 0 aliphatic rings. The van der Waals surface area contributed by atoms with Gasteiger partial charge in [0.1, 0.15) is 5.84 Å². The van der Waals surface area contributed by atoms with Gasteiger partial charge in [-0.05, 0) is 36.0 Å².